The van der Waals surface area contributed by atoms with Gasteiger partial charge in [0.15, 0.2) is 6.29 Å². The molecule has 16 heteroatoms. The van der Waals surface area contributed by atoms with Crippen molar-refractivity contribution >= 4 is 34.4 Å². The summed E-state index contributed by atoms with van der Waals surface area (Å²) in [5.74, 6) is -2.35. The molecular weight excluding hydrogens is 669 g/mol. The number of hydrogen-bond acceptors (Lipinski definition) is 13. The van der Waals surface area contributed by atoms with Gasteiger partial charge in [-0.2, -0.15) is 0 Å². The number of fused-ring (bicyclic) bond motifs is 1. The van der Waals surface area contributed by atoms with Crippen molar-refractivity contribution in [1.82, 2.24) is 10.6 Å². The van der Waals surface area contributed by atoms with E-state index in [2.05, 4.69) is 10.6 Å². The molecule has 2 aromatic carbocycles. The zero-order valence-electron chi connectivity index (χ0n) is 27.3. The Kier molecular flexibility index (Phi) is 15.6. The van der Waals surface area contributed by atoms with Crippen LogP contribution >= 0.6 is 0 Å². The van der Waals surface area contributed by atoms with Crippen LogP contribution in [0, 0.1) is 6.92 Å². The largest absolute Gasteiger partial charge is 1.00 e. The summed E-state index contributed by atoms with van der Waals surface area (Å²) < 4.78 is 16.3. The molecule has 15 nitrogen and oxygen atoms in total. The van der Waals surface area contributed by atoms with Crippen molar-refractivity contribution in [2.75, 3.05) is 18.8 Å². The SMILES string of the molecule is Cc1c(CC(=O)NCCCCCC(=O)NC[C@H]2O[C@@H](OC(Cc3ccc(O)cc3)C(=O)[O-])[C@H](O)[C@@H](O)[C@H]2O)c(=O)oc2cc(N)ccc12.[K+]. The van der Waals surface area contributed by atoms with Crippen molar-refractivity contribution < 1.29 is 105 Å². The number of aliphatic hydroxyl groups excluding tert-OH is 3. The van der Waals surface area contributed by atoms with Gasteiger partial charge < -0.3 is 60.6 Å². The number of aliphatic hydroxyl groups is 3. The van der Waals surface area contributed by atoms with Crippen LogP contribution in [0.5, 0.6) is 5.75 Å². The molecule has 3 aromatic rings. The van der Waals surface area contributed by atoms with Crippen molar-refractivity contribution in [3.8, 4) is 5.75 Å². The maximum Gasteiger partial charge on any atom is 1.00 e. The number of phenolic OH excluding ortho intramolecular Hbond substituents is 1. The van der Waals surface area contributed by atoms with Gasteiger partial charge >= 0.3 is 57.0 Å². The number of carboxylic acid groups (broad SMARTS) is 1. The Morgan fingerprint density at radius 3 is 2.39 bits per heavy atom. The van der Waals surface area contributed by atoms with Gasteiger partial charge in [0.2, 0.25) is 11.8 Å². The molecule has 1 aliphatic rings. The number of aliphatic carboxylic acids is 1. The third kappa shape index (κ3) is 11.3. The fraction of sp³-hybridized carbons (Fsp3) is 0.455. The molecule has 49 heavy (non-hydrogen) atoms. The first-order valence-electron chi connectivity index (χ1n) is 15.5. The standard InChI is InChI=1S/C33H41N3O12.K/c1-17-21-11-8-19(34)14-23(21)46-32(45)22(17)15-27(39)35-12-4-2-3-5-26(38)36-16-25-28(40)29(41)30(42)33(48-25)47-24(31(43)44)13-18-6-9-20(37)10-7-18;/h6-11,14,24-25,28-30,33,37,40-42H,2-5,12-13,15-16,34H2,1H3,(H,35,39)(H,36,38)(H,43,44);/q;+1/p-1/t24?,25-,28+,29+,30-,33-;/m1./s1. The number of anilines is 1. The molecule has 0 aliphatic carbocycles. The number of hydrogen-bond donors (Lipinski definition) is 7. The predicted octanol–water partition coefficient (Wildman–Crippen LogP) is -4.09. The maximum absolute atomic E-state index is 12.5. The number of carbonyl (C=O) groups excluding carboxylic acids is 3. The van der Waals surface area contributed by atoms with Gasteiger partial charge in [-0.3, -0.25) is 9.59 Å². The van der Waals surface area contributed by atoms with Crippen LogP contribution in [0.4, 0.5) is 5.69 Å². The van der Waals surface area contributed by atoms with Crippen LogP contribution in [-0.4, -0.2) is 88.1 Å². The number of unbranched alkanes of at least 4 members (excludes halogenated alkanes) is 2. The number of amides is 2. The first-order valence-corrected chi connectivity index (χ1v) is 15.5. The molecule has 260 valence electrons. The topological polar surface area (TPSA) is 254 Å². The van der Waals surface area contributed by atoms with E-state index in [1.807, 2.05) is 0 Å². The predicted molar refractivity (Wildman–Crippen MR) is 168 cm³/mol. The fourth-order valence-corrected chi connectivity index (χ4v) is 5.35. The third-order valence-electron chi connectivity index (χ3n) is 8.14. The molecule has 0 bridgehead atoms. The molecule has 1 unspecified atom stereocenters. The van der Waals surface area contributed by atoms with E-state index in [1.165, 1.54) is 24.3 Å². The van der Waals surface area contributed by atoms with E-state index >= 15 is 0 Å². The Balaban J connectivity index is 0.00000650. The molecule has 4 rings (SSSR count). The molecule has 6 atom stereocenters. The Bertz CT molecular complexity index is 1650. The third-order valence-corrected chi connectivity index (χ3v) is 8.14. The number of aromatic hydroxyl groups is 1. The molecule has 2 heterocycles. The van der Waals surface area contributed by atoms with E-state index in [-0.39, 0.29) is 100 Å². The van der Waals surface area contributed by atoms with Gasteiger partial charge in [-0.05, 0) is 55.2 Å². The monoisotopic (exact) mass is 709 g/mol. The molecule has 8 N–H and O–H groups in total. The van der Waals surface area contributed by atoms with Crippen molar-refractivity contribution in [3.05, 3.63) is 69.6 Å². The van der Waals surface area contributed by atoms with Gasteiger partial charge in [0.25, 0.3) is 0 Å². The number of aryl methyl sites for hydroxylation is 1. The minimum atomic E-state index is -1.79. The molecule has 2 amide bonds. The van der Waals surface area contributed by atoms with Crippen LogP contribution in [0.3, 0.4) is 0 Å². The normalized spacial score (nSPS) is 21.0. The van der Waals surface area contributed by atoms with Gasteiger partial charge in [0.05, 0.1) is 18.0 Å². The summed E-state index contributed by atoms with van der Waals surface area (Å²) in [6.45, 7) is 1.82. The number of phenols is 1. The number of carboxylic acids is 1. The Morgan fingerprint density at radius 1 is 0.980 bits per heavy atom. The summed E-state index contributed by atoms with van der Waals surface area (Å²) >= 11 is 0. The van der Waals surface area contributed by atoms with E-state index in [9.17, 15) is 44.7 Å². The molecule has 0 radical (unpaired) electrons. The zero-order valence-corrected chi connectivity index (χ0v) is 30.4. The van der Waals surface area contributed by atoms with E-state index in [4.69, 9.17) is 19.6 Å². The quantitative estimate of drug-likeness (QED) is 0.0344. The van der Waals surface area contributed by atoms with Crippen molar-refractivity contribution in [2.24, 2.45) is 0 Å². The minimum absolute atomic E-state index is 0. The number of nitrogen functional groups attached to an aromatic ring is 1. The van der Waals surface area contributed by atoms with E-state index in [0.29, 0.717) is 53.6 Å². The van der Waals surface area contributed by atoms with Crippen LogP contribution in [0.2, 0.25) is 0 Å². The molecule has 0 spiro atoms. The van der Waals surface area contributed by atoms with Gasteiger partial charge in [-0.1, -0.05) is 18.6 Å². The summed E-state index contributed by atoms with van der Waals surface area (Å²) in [6, 6.07) is 10.7. The second-order valence-corrected chi connectivity index (χ2v) is 11.7. The molecule has 0 saturated carbocycles. The summed E-state index contributed by atoms with van der Waals surface area (Å²) in [7, 11) is 0. The van der Waals surface area contributed by atoms with Crippen LogP contribution in [0.25, 0.3) is 11.0 Å². The van der Waals surface area contributed by atoms with Gasteiger partial charge in [0.1, 0.15) is 41.9 Å². The molecule has 1 saturated heterocycles. The number of nitrogens with two attached hydrogens (primary N) is 1. The average Bonchev–Trinajstić information content (AvgIpc) is 3.04. The van der Waals surface area contributed by atoms with Crippen LogP contribution < -0.4 is 78.5 Å². The smallest absolute Gasteiger partial charge is 0.547 e. The molecule has 1 aliphatic heterocycles. The number of rotatable bonds is 15. The van der Waals surface area contributed by atoms with Gasteiger partial charge in [0, 0.05) is 43.1 Å². The van der Waals surface area contributed by atoms with E-state index in [1.54, 1.807) is 25.1 Å². The fourth-order valence-electron chi connectivity index (χ4n) is 5.35. The summed E-state index contributed by atoms with van der Waals surface area (Å²) in [4.78, 5) is 49.0. The summed E-state index contributed by atoms with van der Waals surface area (Å²) in [5, 5.41) is 58.3. The van der Waals surface area contributed by atoms with E-state index < -0.39 is 48.4 Å². The number of ether oxygens (including phenoxy) is 2. The summed E-state index contributed by atoms with van der Waals surface area (Å²) in [5.41, 5.74) is 7.36. The first-order chi connectivity index (χ1) is 22.8. The van der Waals surface area contributed by atoms with Crippen LogP contribution in [0.15, 0.2) is 51.7 Å². The number of carbonyl (C=O) groups is 3. The summed E-state index contributed by atoms with van der Waals surface area (Å²) in [6.07, 6.45) is -8.21. The molecular formula is C33H40KN3O12. The van der Waals surface area contributed by atoms with Crippen LogP contribution in [-0.2, 0) is 36.7 Å². The van der Waals surface area contributed by atoms with Crippen molar-refractivity contribution in [2.45, 2.75) is 82.3 Å². The average molecular weight is 710 g/mol. The van der Waals surface area contributed by atoms with E-state index in [0.717, 1.165) is 0 Å². The van der Waals surface area contributed by atoms with Gasteiger partial charge in [-0.25, -0.2) is 4.79 Å². The second-order valence-electron chi connectivity index (χ2n) is 11.7. The number of nitrogens with one attached hydrogen (secondary N) is 2. The Morgan fingerprint density at radius 2 is 1.69 bits per heavy atom. The van der Waals surface area contributed by atoms with Crippen LogP contribution in [0.1, 0.15) is 42.4 Å². The zero-order chi connectivity index (χ0) is 35.0. The van der Waals surface area contributed by atoms with Gasteiger partial charge in [-0.15, -0.1) is 0 Å². The van der Waals surface area contributed by atoms with Crippen molar-refractivity contribution in [3.63, 3.8) is 0 Å². The Hall–Kier alpha value is -2.90. The number of benzene rings is 2. The molecule has 1 aromatic heterocycles. The molecule has 1 fully saturated rings. The minimum Gasteiger partial charge on any atom is -0.547 e. The Labute approximate surface area is 324 Å². The maximum atomic E-state index is 12.5. The second kappa shape index (κ2) is 18.9. The van der Waals surface area contributed by atoms with Crippen molar-refractivity contribution in [1.29, 1.82) is 0 Å². The first kappa shape index (κ1) is 40.5.